The van der Waals surface area contributed by atoms with Crippen LogP contribution >= 0.6 is 11.8 Å². The quantitative estimate of drug-likeness (QED) is 0.556. The summed E-state index contributed by atoms with van der Waals surface area (Å²) < 4.78 is 5.54. The normalized spacial score (nSPS) is 16.8. The lowest BCUT2D eigenvalue weighted by Crippen LogP contribution is -2.50. The summed E-state index contributed by atoms with van der Waals surface area (Å²) in [5, 5.41) is 12.0. The van der Waals surface area contributed by atoms with Crippen molar-refractivity contribution in [2.45, 2.75) is 12.0 Å². The van der Waals surface area contributed by atoms with Crippen molar-refractivity contribution in [1.29, 1.82) is 0 Å². The summed E-state index contributed by atoms with van der Waals surface area (Å²) in [4.78, 5) is 42.6. The number of hydrogen-bond donors (Lipinski definition) is 2. The highest BCUT2D eigenvalue weighted by Crippen LogP contribution is 2.44. The number of aliphatic carboxylic acids is 1. The van der Waals surface area contributed by atoms with Crippen LogP contribution in [0.3, 0.4) is 0 Å². The van der Waals surface area contributed by atoms with Crippen LogP contribution in [0.2, 0.25) is 0 Å². The van der Waals surface area contributed by atoms with Crippen LogP contribution in [0.25, 0.3) is 11.1 Å². The first-order valence-corrected chi connectivity index (χ1v) is 12.4. The van der Waals surface area contributed by atoms with E-state index in [1.54, 1.807) is 12.1 Å². The fraction of sp³-hybridized carbons (Fsp3) is 0.231. The second kappa shape index (κ2) is 9.79. The minimum Gasteiger partial charge on any atom is -0.480 e. The third kappa shape index (κ3) is 4.59. The molecule has 1 aliphatic carbocycles. The van der Waals surface area contributed by atoms with Crippen LogP contribution in [0.15, 0.2) is 66.7 Å². The fourth-order valence-electron chi connectivity index (χ4n) is 4.56. The Morgan fingerprint density at radius 2 is 1.69 bits per heavy atom. The van der Waals surface area contributed by atoms with E-state index in [4.69, 9.17) is 4.74 Å². The molecule has 1 saturated heterocycles. The Hall–Kier alpha value is -3.85. The molecular formula is C26H23N3O5S. The molecule has 9 heteroatoms. The third-order valence-corrected chi connectivity index (χ3v) is 7.24. The number of amides is 2. The molecule has 2 heterocycles. The molecule has 1 aromatic heterocycles. The molecule has 1 fully saturated rings. The maximum absolute atomic E-state index is 12.9. The van der Waals surface area contributed by atoms with Gasteiger partial charge in [-0.1, -0.05) is 54.6 Å². The molecule has 5 rings (SSSR count). The number of thioether (sulfide) groups is 1. The summed E-state index contributed by atoms with van der Waals surface area (Å²) in [5.74, 6) is -0.441. The number of aromatic nitrogens is 1. The van der Waals surface area contributed by atoms with Crippen LogP contribution < -0.4 is 5.32 Å². The van der Waals surface area contributed by atoms with Crippen LogP contribution in [0.1, 0.15) is 27.5 Å². The van der Waals surface area contributed by atoms with Crippen LogP contribution in [-0.2, 0) is 9.53 Å². The first-order chi connectivity index (χ1) is 17.0. The van der Waals surface area contributed by atoms with E-state index in [0.29, 0.717) is 18.1 Å². The molecule has 2 aliphatic rings. The van der Waals surface area contributed by atoms with Crippen LogP contribution in [0, 0.1) is 0 Å². The molecule has 2 amide bonds. The molecule has 1 aliphatic heterocycles. The molecule has 35 heavy (non-hydrogen) atoms. The Morgan fingerprint density at radius 1 is 1.00 bits per heavy atom. The molecule has 2 N–H and O–H groups in total. The van der Waals surface area contributed by atoms with Gasteiger partial charge in [0.25, 0.3) is 5.91 Å². The number of rotatable bonds is 5. The van der Waals surface area contributed by atoms with Crippen molar-refractivity contribution in [2.24, 2.45) is 0 Å². The first-order valence-electron chi connectivity index (χ1n) is 11.2. The number of carboxylic acid groups (broad SMARTS) is 1. The zero-order chi connectivity index (χ0) is 24.4. The summed E-state index contributed by atoms with van der Waals surface area (Å²) >= 11 is 1.50. The Bertz CT molecular complexity index is 1250. The smallest absolute Gasteiger partial charge is 0.412 e. The van der Waals surface area contributed by atoms with E-state index < -0.39 is 24.0 Å². The summed E-state index contributed by atoms with van der Waals surface area (Å²) in [6, 6.07) is 19.9. The number of carboxylic acids is 1. The number of ether oxygens (including phenoxy) is 1. The average molecular weight is 490 g/mol. The fourth-order valence-corrected chi connectivity index (χ4v) is 5.60. The number of hydrogen-bond acceptors (Lipinski definition) is 6. The zero-order valence-corrected chi connectivity index (χ0v) is 19.5. The predicted octanol–water partition coefficient (Wildman–Crippen LogP) is 4.08. The van der Waals surface area contributed by atoms with Gasteiger partial charge in [-0.15, -0.1) is 0 Å². The number of anilines is 1. The van der Waals surface area contributed by atoms with E-state index in [2.05, 4.69) is 22.4 Å². The van der Waals surface area contributed by atoms with Crippen molar-refractivity contribution in [1.82, 2.24) is 9.88 Å². The van der Waals surface area contributed by atoms with Crippen molar-refractivity contribution in [3.63, 3.8) is 0 Å². The molecule has 8 nitrogen and oxygen atoms in total. The van der Waals surface area contributed by atoms with Gasteiger partial charge in [-0.05, 0) is 34.4 Å². The zero-order valence-electron chi connectivity index (χ0n) is 18.7. The Morgan fingerprint density at radius 3 is 2.37 bits per heavy atom. The van der Waals surface area contributed by atoms with Gasteiger partial charge in [0, 0.05) is 24.0 Å². The van der Waals surface area contributed by atoms with Crippen molar-refractivity contribution < 1.29 is 24.2 Å². The van der Waals surface area contributed by atoms with E-state index in [-0.39, 0.29) is 24.0 Å². The van der Waals surface area contributed by atoms with Gasteiger partial charge in [0.15, 0.2) is 0 Å². The lowest BCUT2D eigenvalue weighted by Gasteiger charge is -2.32. The van der Waals surface area contributed by atoms with Crippen LogP contribution in [0.5, 0.6) is 0 Å². The van der Waals surface area contributed by atoms with E-state index in [1.807, 2.05) is 36.4 Å². The van der Waals surface area contributed by atoms with Gasteiger partial charge in [0.1, 0.15) is 24.2 Å². The van der Waals surface area contributed by atoms with E-state index >= 15 is 0 Å². The largest absolute Gasteiger partial charge is 0.480 e. The number of fused-ring (bicyclic) bond motifs is 3. The van der Waals surface area contributed by atoms with E-state index in [9.17, 15) is 19.5 Å². The monoisotopic (exact) mass is 489 g/mol. The minimum absolute atomic E-state index is 0.0691. The highest BCUT2D eigenvalue weighted by Gasteiger charge is 2.33. The SMILES string of the molecule is O=C(Nc1cccc(C(=O)N2CCSCC2C(=O)O)n1)OCC1c2ccccc2-c2ccccc21. The first kappa shape index (κ1) is 22.9. The molecule has 1 atom stereocenters. The molecular weight excluding hydrogens is 466 g/mol. The minimum atomic E-state index is -1.04. The highest BCUT2D eigenvalue weighted by molar-refractivity contribution is 7.99. The van der Waals surface area contributed by atoms with Crippen LogP contribution in [-0.4, -0.2) is 63.7 Å². The molecule has 2 aromatic carbocycles. The summed E-state index contributed by atoms with van der Waals surface area (Å²) in [7, 11) is 0. The maximum Gasteiger partial charge on any atom is 0.412 e. The van der Waals surface area contributed by atoms with Gasteiger partial charge in [-0.2, -0.15) is 11.8 Å². The molecule has 0 radical (unpaired) electrons. The Labute approximate surface area is 206 Å². The number of nitrogens with zero attached hydrogens (tertiary/aromatic N) is 2. The molecule has 1 unspecified atom stereocenters. The van der Waals surface area contributed by atoms with Gasteiger partial charge in [0.05, 0.1) is 0 Å². The standard InChI is InChI=1S/C26H23N3O5S/c30-24(29-12-13-35-15-22(29)25(31)32)21-10-5-11-23(27-21)28-26(33)34-14-20-18-8-3-1-6-16(18)17-7-2-4-9-19(17)20/h1-11,20,22H,12-15H2,(H,31,32)(H,27,28,33). The maximum atomic E-state index is 12.9. The van der Waals surface area contributed by atoms with Gasteiger partial charge in [0.2, 0.25) is 0 Å². The second-order valence-corrected chi connectivity index (χ2v) is 9.44. The van der Waals surface area contributed by atoms with Gasteiger partial charge in [-0.3, -0.25) is 10.1 Å². The van der Waals surface area contributed by atoms with Gasteiger partial charge in [-0.25, -0.2) is 14.6 Å². The van der Waals surface area contributed by atoms with Crippen molar-refractivity contribution in [3.05, 3.63) is 83.6 Å². The number of carbonyl (C=O) groups excluding carboxylic acids is 2. The number of pyridine rings is 1. The lowest BCUT2D eigenvalue weighted by molar-refractivity contribution is -0.141. The van der Waals surface area contributed by atoms with Crippen molar-refractivity contribution in [3.8, 4) is 11.1 Å². The number of carbonyl (C=O) groups is 3. The summed E-state index contributed by atoms with van der Waals surface area (Å²) in [6.45, 7) is 0.483. The average Bonchev–Trinajstić information content (AvgIpc) is 3.21. The van der Waals surface area contributed by atoms with E-state index in [0.717, 1.165) is 22.3 Å². The molecule has 0 saturated carbocycles. The predicted molar refractivity (Wildman–Crippen MR) is 133 cm³/mol. The van der Waals surface area contributed by atoms with Gasteiger partial charge < -0.3 is 14.7 Å². The number of benzene rings is 2. The molecule has 0 spiro atoms. The second-order valence-electron chi connectivity index (χ2n) is 8.29. The highest BCUT2D eigenvalue weighted by atomic mass is 32.2. The third-order valence-electron chi connectivity index (χ3n) is 6.22. The van der Waals surface area contributed by atoms with Crippen molar-refractivity contribution in [2.75, 3.05) is 30.0 Å². The van der Waals surface area contributed by atoms with Gasteiger partial charge >= 0.3 is 12.1 Å². The number of nitrogens with one attached hydrogen (secondary N) is 1. The summed E-state index contributed by atoms with van der Waals surface area (Å²) in [5.41, 5.74) is 4.57. The molecule has 3 aromatic rings. The van der Waals surface area contributed by atoms with E-state index in [1.165, 1.54) is 22.7 Å². The Balaban J connectivity index is 1.26. The summed E-state index contributed by atoms with van der Waals surface area (Å²) in [6.07, 6.45) is -0.679. The Kier molecular flexibility index (Phi) is 6.41. The lowest BCUT2D eigenvalue weighted by atomic mass is 9.98. The molecule has 0 bridgehead atoms. The topological polar surface area (TPSA) is 109 Å². The van der Waals surface area contributed by atoms with Crippen LogP contribution in [0.4, 0.5) is 10.6 Å². The van der Waals surface area contributed by atoms with Crippen molar-refractivity contribution >= 4 is 35.5 Å². The molecule has 178 valence electrons.